The van der Waals surface area contributed by atoms with E-state index in [1.807, 2.05) is 0 Å². The fourth-order valence-corrected chi connectivity index (χ4v) is 2.23. The molecule has 23 heavy (non-hydrogen) atoms. The molecule has 2 rings (SSSR count). The van der Waals surface area contributed by atoms with E-state index in [2.05, 4.69) is 11.9 Å². The maximum absolute atomic E-state index is 12.4. The number of rotatable bonds is 6. The Balaban J connectivity index is 2.22. The number of hydrogen-bond acceptors (Lipinski definition) is 5. The fraction of sp³-hybridized carbons (Fsp3) is 0.188. The van der Waals surface area contributed by atoms with Crippen LogP contribution in [0.2, 0.25) is 0 Å². The molecule has 0 radical (unpaired) electrons. The summed E-state index contributed by atoms with van der Waals surface area (Å²) in [6.45, 7) is 3.93. The molecule has 1 aromatic carbocycles. The lowest BCUT2D eigenvalue weighted by atomic mass is 10.1. The number of carbonyl (C=O) groups excluding carboxylic acids is 2. The Labute approximate surface area is 139 Å². The van der Waals surface area contributed by atoms with Gasteiger partial charge < -0.3 is 9.84 Å². The molecule has 120 valence electrons. The first kappa shape index (κ1) is 16.9. The van der Waals surface area contributed by atoms with Crippen LogP contribution in [0, 0.1) is 0 Å². The van der Waals surface area contributed by atoms with Crippen molar-refractivity contribution < 1.29 is 19.4 Å². The predicted molar refractivity (Wildman–Crippen MR) is 89.7 cm³/mol. The van der Waals surface area contributed by atoms with Gasteiger partial charge in [0.25, 0.3) is 11.8 Å². The van der Waals surface area contributed by atoms with Crippen LogP contribution < -0.4 is 10.1 Å². The van der Waals surface area contributed by atoms with Gasteiger partial charge >= 0.3 is 0 Å². The Kier molecular flexibility index (Phi) is 5.61. The van der Waals surface area contributed by atoms with E-state index in [-0.39, 0.29) is 30.4 Å². The second kappa shape index (κ2) is 7.66. The summed E-state index contributed by atoms with van der Waals surface area (Å²) >= 11 is 4.98. The molecule has 0 aromatic heterocycles. The van der Waals surface area contributed by atoms with Crippen LogP contribution in [0.25, 0.3) is 6.08 Å². The van der Waals surface area contributed by atoms with E-state index in [0.717, 1.165) is 0 Å². The van der Waals surface area contributed by atoms with Crippen LogP contribution in [-0.4, -0.2) is 46.7 Å². The maximum Gasteiger partial charge on any atom is 0.265 e. The van der Waals surface area contributed by atoms with Crippen molar-refractivity contribution >= 4 is 35.2 Å². The molecule has 0 atom stereocenters. The zero-order valence-electron chi connectivity index (χ0n) is 12.3. The summed E-state index contributed by atoms with van der Waals surface area (Å²) in [6.07, 6.45) is 3.03. The first-order valence-corrected chi connectivity index (χ1v) is 7.31. The van der Waals surface area contributed by atoms with Crippen LogP contribution in [0.3, 0.4) is 0 Å². The monoisotopic (exact) mass is 332 g/mol. The zero-order valence-corrected chi connectivity index (χ0v) is 13.1. The highest BCUT2D eigenvalue weighted by Gasteiger charge is 2.32. The number of carbonyl (C=O) groups is 2. The van der Waals surface area contributed by atoms with Gasteiger partial charge in [-0.05, 0) is 36.0 Å². The average molecular weight is 332 g/mol. The summed E-state index contributed by atoms with van der Waals surface area (Å²) < 4.78 is 5.25. The van der Waals surface area contributed by atoms with Gasteiger partial charge in [-0.2, -0.15) is 0 Å². The fourth-order valence-electron chi connectivity index (χ4n) is 1.98. The molecule has 0 aliphatic carbocycles. The normalized spacial score (nSPS) is 16.5. The smallest absolute Gasteiger partial charge is 0.265 e. The van der Waals surface area contributed by atoms with Crippen molar-refractivity contribution in [2.75, 3.05) is 19.8 Å². The Hall–Kier alpha value is -2.51. The molecular weight excluding hydrogens is 316 g/mol. The Morgan fingerprint density at radius 1 is 1.30 bits per heavy atom. The molecule has 0 spiro atoms. The lowest BCUT2D eigenvalue weighted by Gasteiger charge is -2.27. The third-order valence-corrected chi connectivity index (χ3v) is 3.37. The quantitative estimate of drug-likeness (QED) is 0.350. The largest absolute Gasteiger partial charge is 0.491 e. The summed E-state index contributed by atoms with van der Waals surface area (Å²) in [5.41, 5.74) is 0.677. The highest BCUT2D eigenvalue weighted by Crippen LogP contribution is 2.17. The van der Waals surface area contributed by atoms with Crippen LogP contribution in [-0.2, 0) is 9.59 Å². The predicted octanol–water partition coefficient (Wildman–Crippen LogP) is 0.870. The van der Waals surface area contributed by atoms with Crippen LogP contribution in [0.4, 0.5) is 0 Å². The second-order valence-electron chi connectivity index (χ2n) is 4.66. The number of hydrogen-bond donors (Lipinski definition) is 2. The summed E-state index contributed by atoms with van der Waals surface area (Å²) in [5.74, 6) is -0.393. The van der Waals surface area contributed by atoms with Gasteiger partial charge in [-0.1, -0.05) is 18.2 Å². The Morgan fingerprint density at radius 3 is 2.61 bits per heavy atom. The molecule has 2 amide bonds. The third-order valence-electron chi connectivity index (χ3n) is 3.05. The molecule has 1 heterocycles. The van der Waals surface area contributed by atoms with Gasteiger partial charge in [0.1, 0.15) is 17.9 Å². The maximum atomic E-state index is 12.4. The van der Waals surface area contributed by atoms with Crippen LogP contribution in [0.5, 0.6) is 5.75 Å². The Bertz CT molecular complexity index is 667. The molecule has 0 bridgehead atoms. The van der Waals surface area contributed by atoms with Crippen molar-refractivity contribution in [1.82, 2.24) is 10.2 Å². The first-order chi connectivity index (χ1) is 11.1. The van der Waals surface area contributed by atoms with Crippen molar-refractivity contribution in [3.63, 3.8) is 0 Å². The third kappa shape index (κ3) is 4.02. The minimum atomic E-state index is -0.527. The van der Waals surface area contributed by atoms with Gasteiger partial charge in [0, 0.05) is 6.54 Å². The molecule has 1 aliphatic heterocycles. The molecular formula is C16H16N2O4S. The standard InChI is InChI=1S/C16H16N2O4S/c1-2-7-18-15(21)13(14(20)17-16(18)23)10-11-3-5-12(6-4-11)22-9-8-19/h2-6,10,19H,1,7-9H2,(H,17,20,23)/b13-10+. The lowest BCUT2D eigenvalue weighted by Crippen LogP contribution is -2.53. The highest BCUT2D eigenvalue weighted by molar-refractivity contribution is 7.80. The number of ether oxygens (including phenoxy) is 1. The van der Waals surface area contributed by atoms with Gasteiger partial charge in [-0.25, -0.2) is 0 Å². The summed E-state index contributed by atoms with van der Waals surface area (Å²) in [4.78, 5) is 25.6. The van der Waals surface area contributed by atoms with Gasteiger partial charge in [0.05, 0.1) is 6.61 Å². The number of amides is 2. The molecule has 1 fully saturated rings. The molecule has 0 saturated carbocycles. The average Bonchev–Trinajstić information content (AvgIpc) is 2.54. The molecule has 7 heteroatoms. The second-order valence-corrected chi connectivity index (χ2v) is 5.05. The van der Waals surface area contributed by atoms with Crippen molar-refractivity contribution in [3.8, 4) is 5.75 Å². The Morgan fingerprint density at radius 2 is 2.00 bits per heavy atom. The van der Waals surface area contributed by atoms with Crippen LogP contribution in [0.15, 0.2) is 42.5 Å². The SMILES string of the molecule is C=CCN1C(=O)/C(=C/c2ccc(OCCO)cc2)C(=O)NC1=S. The molecule has 2 N–H and O–H groups in total. The van der Waals surface area contributed by atoms with Crippen LogP contribution >= 0.6 is 12.2 Å². The van der Waals surface area contributed by atoms with Crippen molar-refractivity contribution in [1.29, 1.82) is 0 Å². The van der Waals surface area contributed by atoms with Gasteiger partial charge in [-0.15, -0.1) is 6.58 Å². The molecule has 1 aromatic rings. The van der Waals surface area contributed by atoms with Crippen LogP contribution in [0.1, 0.15) is 5.56 Å². The molecule has 0 unspecified atom stereocenters. The van der Waals surface area contributed by atoms with Crippen molar-refractivity contribution in [2.24, 2.45) is 0 Å². The number of benzene rings is 1. The first-order valence-electron chi connectivity index (χ1n) is 6.90. The molecule has 6 nitrogen and oxygen atoms in total. The lowest BCUT2D eigenvalue weighted by molar-refractivity contribution is -0.128. The number of thiocarbonyl (C=S) groups is 1. The van der Waals surface area contributed by atoms with E-state index >= 15 is 0 Å². The highest BCUT2D eigenvalue weighted by atomic mass is 32.1. The van der Waals surface area contributed by atoms with E-state index < -0.39 is 11.8 Å². The number of nitrogens with one attached hydrogen (secondary N) is 1. The summed E-state index contributed by atoms with van der Waals surface area (Å²) in [5, 5.41) is 11.3. The van der Waals surface area contributed by atoms with Gasteiger partial charge in [0.15, 0.2) is 5.11 Å². The van der Waals surface area contributed by atoms with Gasteiger partial charge in [-0.3, -0.25) is 19.8 Å². The van der Waals surface area contributed by atoms with E-state index in [9.17, 15) is 9.59 Å². The van der Waals surface area contributed by atoms with E-state index in [1.54, 1.807) is 24.3 Å². The van der Waals surface area contributed by atoms with Crippen molar-refractivity contribution in [3.05, 3.63) is 48.1 Å². The topological polar surface area (TPSA) is 78.9 Å². The number of nitrogens with zero attached hydrogens (tertiary/aromatic N) is 1. The minimum Gasteiger partial charge on any atom is -0.491 e. The summed E-state index contributed by atoms with van der Waals surface area (Å²) in [7, 11) is 0. The number of aliphatic hydroxyl groups excluding tert-OH is 1. The minimum absolute atomic E-state index is 0.00414. The van der Waals surface area contributed by atoms with E-state index in [1.165, 1.54) is 17.1 Å². The molecule has 1 aliphatic rings. The summed E-state index contributed by atoms with van der Waals surface area (Å²) in [6, 6.07) is 6.81. The van der Waals surface area contributed by atoms with Crippen molar-refractivity contribution in [2.45, 2.75) is 0 Å². The number of aliphatic hydroxyl groups is 1. The van der Waals surface area contributed by atoms with E-state index in [0.29, 0.717) is 11.3 Å². The van der Waals surface area contributed by atoms with Gasteiger partial charge in [0.2, 0.25) is 0 Å². The zero-order chi connectivity index (χ0) is 16.8. The van der Waals surface area contributed by atoms with E-state index in [4.69, 9.17) is 22.1 Å². The molecule has 1 saturated heterocycles.